The second-order valence-electron chi connectivity index (χ2n) is 8.04. The summed E-state index contributed by atoms with van der Waals surface area (Å²) in [5.74, 6) is -0.768. The summed E-state index contributed by atoms with van der Waals surface area (Å²) < 4.78 is 16.4. The highest BCUT2D eigenvalue weighted by Crippen LogP contribution is 2.25. The normalized spacial score (nSPS) is 12.7. The number of ether oxygens (including phenoxy) is 2. The number of esters is 1. The fraction of sp³-hybridized carbons (Fsp3) is 0.647. The predicted molar refractivity (Wildman–Crippen MR) is 96.5 cm³/mol. The van der Waals surface area contributed by atoms with E-state index in [4.69, 9.17) is 9.39 Å². The van der Waals surface area contributed by atoms with Crippen molar-refractivity contribution in [2.75, 3.05) is 7.11 Å². The van der Waals surface area contributed by atoms with Gasteiger partial charge in [0.1, 0.15) is 11.3 Å². The van der Waals surface area contributed by atoms with E-state index in [1.807, 2.05) is 0 Å². The van der Waals surface area contributed by atoms with Crippen LogP contribution in [0.1, 0.15) is 59.0 Å². The van der Waals surface area contributed by atoms with Crippen LogP contribution >= 0.6 is 0 Å². The zero-order chi connectivity index (χ0) is 20.5. The number of hydrogen-bond acceptors (Lipinski definition) is 7. The Morgan fingerprint density at radius 1 is 1.12 bits per heavy atom. The van der Waals surface area contributed by atoms with E-state index in [0.717, 1.165) is 4.57 Å². The van der Waals surface area contributed by atoms with Gasteiger partial charge in [0.05, 0.1) is 18.3 Å². The summed E-state index contributed by atoms with van der Waals surface area (Å²) in [6.07, 6.45) is 0.448. The van der Waals surface area contributed by atoms with Crippen molar-refractivity contribution in [3.63, 3.8) is 0 Å². The van der Waals surface area contributed by atoms with Crippen molar-refractivity contribution in [1.82, 2.24) is 4.57 Å². The van der Waals surface area contributed by atoms with E-state index in [-0.39, 0.29) is 11.2 Å². The molecule has 8 nitrogen and oxygen atoms in total. The predicted octanol–water partition coefficient (Wildman–Crippen LogP) is 1.31. The Morgan fingerprint density at radius 2 is 1.65 bits per heavy atom. The van der Waals surface area contributed by atoms with Gasteiger partial charge < -0.3 is 24.3 Å². The van der Waals surface area contributed by atoms with Crippen LogP contribution in [0.3, 0.4) is 0 Å². The summed E-state index contributed by atoms with van der Waals surface area (Å²) in [6, 6.07) is 1.28. The molecule has 0 radical (unpaired) electrons. The number of carbonyl (C=O) groups excluding carboxylic acids is 2. The lowest BCUT2D eigenvalue weighted by atomic mass is 9.78. The molecule has 0 amide bonds. The number of nitrogens with zero attached hydrogens (tertiary/aromatic N) is 1. The minimum atomic E-state index is -1.48. The molecule has 0 aliphatic heterocycles. The summed E-state index contributed by atoms with van der Waals surface area (Å²) in [6.45, 7) is 11.4. The first-order valence-corrected chi connectivity index (χ1v) is 8.21. The van der Waals surface area contributed by atoms with E-state index in [2.05, 4.69) is 4.74 Å². The second kappa shape index (κ2) is 7.42. The summed E-state index contributed by atoms with van der Waals surface area (Å²) in [4.78, 5) is 24.3. The number of rotatable bonds is 5. The molecule has 0 atom stereocenters. The van der Waals surface area contributed by atoms with Crippen LogP contribution < -0.4 is 5.46 Å². The molecule has 0 aliphatic carbocycles. The number of carbonyl (C=O) groups is 2. The Labute approximate surface area is 154 Å². The van der Waals surface area contributed by atoms with Crippen LogP contribution in [-0.4, -0.2) is 57.8 Å². The van der Waals surface area contributed by atoms with E-state index in [1.165, 1.54) is 19.4 Å². The molecule has 146 valence electrons. The maximum Gasteiger partial charge on any atom is 0.493 e. The van der Waals surface area contributed by atoms with Gasteiger partial charge in [-0.25, -0.2) is 14.2 Å². The molecule has 1 rings (SSSR count). The standard InChI is InChI=1S/C17H28BNO7/c1-15(2,3)25-14(21)19-10-11(9-12(19)13(20)24-8)18(23)26-17(6,7)16(4,5)22/h9-10,22-23H,1-8H3. The Hall–Kier alpha value is -1.84. The molecule has 0 fully saturated rings. The molecule has 0 saturated carbocycles. The van der Waals surface area contributed by atoms with Crippen molar-refractivity contribution in [1.29, 1.82) is 0 Å². The van der Waals surface area contributed by atoms with Gasteiger partial charge in [-0.15, -0.1) is 0 Å². The summed E-state index contributed by atoms with van der Waals surface area (Å²) in [7, 11) is -0.304. The molecular formula is C17H28BNO7. The molecule has 0 aromatic carbocycles. The SMILES string of the molecule is COC(=O)c1cc(B(O)OC(C)(C)C(C)(C)O)cn1C(=O)OC(C)(C)C. The largest absolute Gasteiger partial charge is 0.493 e. The minimum absolute atomic E-state index is 0.111. The number of methoxy groups -OCH3 is 1. The Morgan fingerprint density at radius 3 is 2.08 bits per heavy atom. The second-order valence-corrected chi connectivity index (χ2v) is 8.04. The molecule has 1 aromatic heterocycles. The van der Waals surface area contributed by atoms with Crippen molar-refractivity contribution >= 4 is 24.6 Å². The van der Waals surface area contributed by atoms with Crippen LogP contribution in [0.4, 0.5) is 4.79 Å². The lowest BCUT2D eigenvalue weighted by molar-refractivity contribution is -0.0982. The fourth-order valence-electron chi connectivity index (χ4n) is 1.83. The van der Waals surface area contributed by atoms with Crippen molar-refractivity contribution < 1.29 is 33.8 Å². The van der Waals surface area contributed by atoms with Crippen molar-refractivity contribution in [3.05, 3.63) is 18.0 Å². The Bertz CT molecular complexity index is 668. The van der Waals surface area contributed by atoms with Gasteiger partial charge >= 0.3 is 19.2 Å². The summed E-state index contributed by atoms with van der Waals surface area (Å²) in [5, 5.41) is 20.5. The number of aliphatic hydroxyl groups is 1. The molecule has 9 heteroatoms. The lowest BCUT2D eigenvalue weighted by Gasteiger charge is -2.38. The first-order valence-electron chi connectivity index (χ1n) is 8.21. The highest BCUT2D eigenvalue weighted by atomic mass is 16.6. The molecule has 0 aliphatic rings. The van der Waals surface area contributed by atoms with Gasteiger partial charge in [-0.1, -0.05) is 0 Å². The first-order chi connectivity index (χ1) is 11.6. The molecule has 0 saturated heterocycles. The topological polar surface area (TPSA) is 107 Å². The third kappa shape index (κ3) is 5.33. The number of hydrogen-bond donors (Lipinski definition) is 2. The van der Waals surface area contributed by atoms with Crippen LogP contribution in [0.2, 0.25) is 0 Å². The van der Waals surface area contributed by atoms with Gasteiger partial charge in [-0.3, -0.25) is 0 Å². The Kier molecular flexibility index (Phi) is 6.34. The van der Waals surface area contributed by atoms with E-state index in [0.29, 0.717) is 0 Å². The van der Waals surface area contributed by atoms with E-state index in [9.17, 15) is 19.7 Å². The minimum Gasteiger partial charge on any atom is -0.464 e. The molecule has 0 bridgehead atoms. The zero-order valence-corrected chi connectivity index (χ0v) is 16.6. The molecule has 0 unspecified atom stereocenters. The van der Waals surface area contributed by atoms with Gasteiger partial charge in [-0.05, 0) is 54.5 Å². The van der Waals surface area contributed by atoms with Gasteiger partial charge in [0, 0.05) is 11.7 Å². The quantitative estimate of drug-likeness (QED) is 0.595. The van der Waals surface area contributed by atoms with Gasteiger partial charge in [0.25, 0.3) is 0 Å². The fourth-order valence-corrected chi connectivity index (χ4v) is 1.83. The average molecular weight is 369 g/mol. The molecule has 1 aromatic rings. The highest BCUT2D eigenvalue weighted by molar-refractivity contribution is 6.60. The van der Waals surface area contributed by atoms with E-state index >= 15 is 0 Å². The lowest BCUT2D eigenvalue weighted by Crippen LogP contribution is -2.53. The number of aromatic nitrogens is 1. The van der Waals surface area contributed by atoms with Crippen molar-refractivity contribution in [2.45, 2.75) is 65.3 Å². The van der Waals surface area contributed by atoms with Crippen LogP contribution in [0, 0.1) is 0 Å². The maximum absolute atomic E-state index is 12.4. The first kappa shape index (κ1) is 22.2. The van der Waals surface area contributed by atoms with Gasteiger partial charge in [-0.2, -0.15) is 0 Å². The maximum atomic E-state index is 12.4. The molecule has 1 heterocycles. The monoisotopic (exact) mass is 369 g/mol. The highest BCUT2D eigenvalue weighted by Gasteiger charge is 2.40. The molecule has 2 N–H and O–H groups in total. The molecule has 26 heavy (non-hydrogen) atoms. The molecule has 0 spiro atoms. The average Bonchev–Trinajstić information content (AvgIpc) is 2.88. The third-order valence-electron chi connectivity index (χ3n) is 3.99. The van der Waals surface area contributed by atoms with Crippen molar-refractivity contribution in [3.8, 4) is 0 Å². The van der Waals surface area contributed by atoms with E-state index in [1.54, 1.807) is 48.5 Å². The Balaban J connectivity index is 3.22. The van der Waals surface area contributed by atoms with Crippen LogP contribution in [0.25, 0.3) is 0 Å². The zero-order valence-electron chi connectivity index (χ0n) is 16.6. The van der Waals surface area contributed by atoms with Crippen LogP contribution in [0.15, 0.2) is 12.3 Å². The summed E-state index contributed by atoms with van der Waals surface area (Å²) in [5.41, 5.74) is -3.08. The molecular weight excluding hydrogens is 341 g/mol. The van der Waals surface area contributed by atoms with Gasteiger partial charge in [0.15, 0.2) is 0 Å². The smallest absolute Gasteiger partial charge is 0.464 e. The third-order valence-corrected chi connectivity index (χ3v) is 3.99. The summed E-state index contributed by atoms with van der Waals surface area (Å²) >= 11 is 0. The van der Waals surface area contributed by atoms with Crippen LogP contribution in [-0.2, 0) is 14.1 Å². The van der Waals surface area contributed by atoms with Crippen molar-refractivity contribution in [2.24, 2.45) is 0 Å². The van der Waals surface area contributed by atoms with Gasteiger partial charge in [0.2, 0.25) is 0 Å². The van der Waals surface area contributed by atoms with E-state index < -0.39 is 36.0 Å². The van der Waals surface area contributed by atoms with Crippen LogP contribution in [0.5, 0.6) is 0 Å².